The van der Waals surface area contributed by atoms with E-state index in [1.54, 1.807) is 26.4 Å². The summed E-state index contributed by atoms with van der Waals surface area (Å²) in [6, 6.07) is 13.5. The molecule has 24 heavy (non-hydrogen) atoms. The number of carboxylic acids is 1. The quantitative estimate of drug-likeness (QED) is 0.764. The van der Waals surface area contributed by atoms with Crippen LogP contribution >= 0.6 is 0 Å². The molecule has 0 amide bonds. The van der Waals surface area contributed by atoms with Crippen LogP contribution in [0.5, 0.6) is 17.2 Å². The van der Waals surface area contributed by atoms with Gasteiger partial charge in [-0.2, -0.15) is 0 Å². The van der Waals surface area contributed by atoms with Gasteiger partial charge in [0, 0.05) is 0 Å². The number of carbonyl (C=O) groups is 1. The van der Waals surface area contributed by atoms with Gasteiger partial charge in [-0.15, -0.1) is 0 Å². The minimum atomic E-state index is -0.978. The maximum atomic E-state index is 10.5. The zero-order valence-corrected chi connectivity index (χ0v) is 14.0. The van der Waals surface area contributed by atoms with Gasteiger partial charge in [-0.3, -0.25) is 0 Å². The second kappa shape index (κ2) is 8.82. The van der Waals surface area contributed by atoms with E-state index in [0.29, 0.717) is 5.75 Å². The largest absolute Gasteiger partial charge is 0.493 e. The summed E-state index contributed by atoms with van der Waals surface area (Å²) >= 11 is 0. The third kappa shape index (κ3) is 5.19. The second-order valence-electron chi connectivity index (χ2n) is 5.37. The number of benzene rings is 2. The molecule has 5 heteroatoms. The summed E-state index contributed by atoms with van der Waals surface area (Å²) in [4.78, 5) is 10.5. The molecule has 0 unspecified atom stereocenters. The first-order valence-electron chi connectivity index (χ1n) is 7.77. The Balaban J connectivity index is 1.84. The topological polar surface area (TPSA) is 65.0 Å². The van der Waals surface area contributed by atoms with E-state index < -0.39 is 5.97 Å². The molecule has 2 aromatic rings. The fraction of sp³-hybridized carbons (Fsp3) is 0.316. The van der Waals surface area contributed by atoms with E-state index >= 15 is 0 Å². The first-order valence-corrected chi connectivity index (χ1v) is 7.77. The Bertz CT molecular complexity index is 664. The van der Waals surface area contributed by atoms with E-state index in [2.05, 4.69) is 0 Å². The summed E-state index contributed by atoms with van der Waals surface area (Å²) in [6.45, 7) is -0.321. The van der Waals surface area contributed by atoms with Crippen molar-refractivity contribution in [2.24, 2.45) is 0 Å². The molecule has 0 aliphatic rings. The maximum Gasteiger partial charge on any atom is 0.341 e. The number of aryl methyl sites for hydroxylation is 2. The summed E-state index contributed by atoms with van der Waals surface area (Å²) in [7, 11) is 3.26. The molecule has 2 rings (SSSR count). The summed E-state index contributed by atoms with van der Waals surface area (Å²) in [6.07, 6.45) is 2.88. The molecule has 0 saturated carbocycles. The fourth-order valence-corrected chi connectivity index (χ4v) is 2.43. The summed E-state index contributed by atoms with van der Waals surface area (Å²) in [5, 5.41) is 8.58. The van der Waals surface area contributed by atoms with Crippen molar-refractivity contribution < 1.29 is 24.1 Å². The number of methoxy groups -OCH3 is 2. The van der Waals surface area contributed by atoms with Gasteiger partial charge in [0.25, 0.3) is 0 Å². The van der Waals surface area contributed by atoms with Gasteiger partial charge in [0.05, 0.1) is 14.2 Å². The number of hydrogen-bond acceptors (Lipinski definition) is 4. The Morgan fingerprint density at radius 2 is 1.54 bits per heavy atom. The maximum absolute atomic E-state index is 10.5. The molecule has 128 valence electrons. The Labute approximate surface area is 141 Å². The third-order valence-electron chi connectivity index (χ3n) is 3.66. The fourth-order valence-electron chi connectivity index (χ4n) is 2.43. The minimum absolute atomic E-state index is 0.321. The first kappa shape index (κ1) is 17.7. The van der Waals surface area contributed by atoms with Crippen molar-refractivity contribution in [1.29, 1.82) is 0 Å². The smallest absolute Gasteiger partial charge is 0.341 e. The monoisotopic (exact) mass is 330 g/mol. The van der Waals surface area contributed by atoms with Crippen LogP contribution in [-0.4, -0.2) is 31.9 Å². The van der Waals surface area contributed by atoms with Crippen LogP contribution < -0.4 is 14.2 Å². The highest BCUT2D eigenvalue weighted by molar-refractivity contribution is 5.68. The molecule has 0 spiro atoms. The molecule has 0 heterocycles. The highest BCUT2D eigenvalue weighted by Gasteiger charge is 2.05. The van der Waals surface area contributed by atoms with Crippen molar-refractivity contribution in [3.05, 3.63) is 53.6 Å². The lowest BCUT2D eigenvalue weighted by Gasteiger charge is -2.09. The molecule has 0 bridgehead atoms. The van der Waals surface area contributed by atoms with Gasteiger partial charge in [0.2, 0.25) is 0 Å². The average Bonchev–Trinajstić information content (AvgIpc) is 2.60. The highest BCUT2D eigenvalue weighted by atomic mass is 16.5. The molecule has 0 radical (unpaired) electrons. The highest BCUT2D eigenvalue weighted by Crippen LogP contribution is 2.28. The van der Waals surface area contributed by atoms with Gasteiger partial charge >= 0.3 is 5.97 Å². The van der Waals surface area contributed by atoms with Gasteiger partial charge in [-0.25, -0.2) is 4.79 Å². The van der Waals surface area contributed by atoms with Gasteiger partial charge < -0.3 is 19.3 Å². The molecule has 1 N–H and O–H groups in total. The molecule has 0 aliphatic carbocycles. The molecule has 0 aromatic heterocycles. The van der Waals surface area contributed by atoms with Crippen LogP contribution in [0, 0.1) is 0 Å². The normalized spacial score (nSPS) is 10.2. The van der Waals surface area contributed by atoms with Crippen molar-refractivity contribution in [3.63, 3.8) is 0 Å². The van der Waals surface area contributed by atoms with Crippen molar-refractivity contribution in [3.8, 4) is 17.2 Å². The van der Waals surface area contributed by atoms with Crippen LogP contribution in [0.3, 0.4) is 0 Å². The molecule has 0 atom stereocenters. The number of rotatable bonds is 9. The van der Waals surface area contributed by atoms with E-state index in [9.17, 15) is 4.79 Å². The molecule has 0 fully saturated rings. The van der Waals surface area contributed by atoms with Gasteiger partial charge in [0.15, 0.2) is 18.1 Å². The Morgan fingerprint density at radius 3 is 2.17 bits per heavy atom. The van der Waals surface area contributed by atoms with Crippen LogP contribution in [0.4, 0.5) is 0 Å². The lowest BCUT2D eigenvalue weighted by atomic mass is 10.0. The summed E-state index contributed by atoms with van der Waals surface area (Å²) in [5.74, 6) is 1.07. The average molecular weight is 330 g/mol. The Morgan fingerprint density at radius 1 is 0.917 bits per heavy atom. The lowest BCUT2D eigenvalue weighted by Crippen LogP contribution is -2.09. The Hall–Kier alpha value is -2.69. The Kier molecular flexibility index (Phi) is 6.49. The molecule has 5 nitrogen and oxygen atoms in total. The van der Waals surface area contributed by atoms with Crippen LogP contribution in [0.15, 0.2) is 42.5 Å². The third-order valence-corrected chi connectivity index (χ3v) is 3.66. The molecule has 2 aromatic carbocycles. The van der Waals surface area contributed by atoms with E-state index in [1.807, 2.05) is 30.3 Å². The van der Waals surface area contributed by atoms with Gasteiger partial charge in [-0.1, -0.05) is 18.2 Å². The number of hydrogen-bond donors (Lipinski definition) is 1. The molecule has 0 saturated heterocycles. The van der Waals surface area contributed by atoms with Crippen molar-refractivity contribution in [2.45, 2.75) is 19.3 Å². The van der Waals surface area contributed by atoms with Crippen LogP contribution in [-0.2, 0) is 17.6 Å². The lowest BCUT2D eigenvalue weighted by molar-refractivity contribution is -0.139. The van der Waals surface area contributed by atoms with Crippen LogP contribution in [0.25, 0.3) is 0 Å². The van der Waals surface area contributed by atoms with Crippen LogP contribution in [0.1, 0.15) is 17.5 Å². The zero-order chi connectivity index (χ0) is 17.4. The zero-order valence-electron chi connectivity index (χ0n) is 14.0. The SMILES string of the molecule is COc1ccc(CCCc2ccc(OCC(=O)O)cc2)cc1OC. The van der Waals surface area contributed by atoms with Crippen molar-refractivity contribution >= 4 is 5.97 Å². The van der Waals surface area contributed by atoms with E-state index in [1.165, 1.54) is 11.1 Å². The van der Waals surface area contributed by atoms with E-state index in [-0.39, 0.29) is 6.61 Å². The predicted octanol–water partition coefficient (Wildman–Crippen LogP) is 3.34. The summed E-state index contributed by atoms with van der Waals surface area (Å²) in [5.41, 5.74) is 2.40. The van der Waals surface area contributed by atoms with Crippen molar-refractivity contribution in [1.82, 2.24) is 0 Å². The standard InChI is InChI=1S/C19H22O5/c1-22-17-11-8-15(12-18(17)23-2)5-3-4-14-6-9-16(10-7-14)24-13-19(20)21/h6-12H,3-5,13H2,1-2H3,(H,20,21). The first-order chi connectivity index (χ1) is 11.6. The van der Waals surface area contributed by atoms with E-state index in [4.69, 9.17) is 19.3 Å². The molecular weight excluding hydrogens is 308 g/mol. The second-order valence-corrected chi connectivity index (χ2v) is 5.37. The summed E-state index contributed by atoms with van der Waals surface area (Å²) < 4.78 is 15.7. The van der Waals surface area contributed by atoms with Gasteiger partial charge in [-0.05, 0) is 54.7 Å². The predicted molar refractivity (Wildman–Crippen MR) is 91.1 cm³/mol. The number of aliphatic carboxylic acids is 1. The molecular formula is C19H22O5. The van der Waals surface area contributed by atoms with E-state index in [0.717, 1.165) is 30.8 Å². The minimum Gasteiger partial charge on any atom is -0.493 e. The van der Waals surface area contributed by atoms with Gasteiger partial charge in [0.1, 0.15) is 5.75 Å². The number of carboxylic acid groups (broad SMARTS) is 1. The molecule has 0 aliphatic heterocycles. The number of ether oxygens (including phenoxy) is 3. The van der Waals surface area contributed by atoms with Crippen molar-refractivity contribution in [2.75, 3.05) is 20.8 Å². The van der Waals surface area contributed by atoms with Crippen LogP contribution in [0.2, 0.25) is 0 Å².